The summed E-state index contributed by atoms with van der Waals surface area (Å²) in [5.41, 5.74) is 6.34. The molecule has 0 aromatic rings. The second kappa shape index (κ2) is 4.50. The zero-order valence-corrected chi connectivity index (χ0v) is 6.28. The topological polar surface area (TPSA) is 49.9 Å². The third kappa shape index (κ3) is 5.50. The molecule has 2 nitrogen and oxygen atoms in total. The summed E-state index contributed by atoms with van der Waals surface area (Å²) in [6, 6.07) is 0.215. The van der Waals surface area contributed by atoms with Gasteiger partial charge in [0.15, 0.2) is 0 Å². The molecule has 0 saturated heterocycles. The number of rotatable bonds is 4. The lowest BCUT2D eigenvalue weighted by atomic mass is 10.1. The number of hydrogen-bond donors (Lipinski definition) is 2. The monoisotopic (exact) mass is 128 g/mol. The van der Waals surface area contributed by atoms with Gasteiger partial charge in [-0.2, -0.15) is 0 Å². The molecule has 0 spiro atoms. The van der Waals surface area contributed by atoms with Crippen LogP contribution >= 0.6 is 0 Å². The second-order valence-electron chi connectivity index (χ2n) is 2.53. The van der Waals surface area contributed by atoms with E-state index in [0.29, 0.717) is 5.71 Å². The van der Waals surface area contributed by atoms with Crippen LogP contribution in [0.15, 0.2) is 0 Å². The highest BCUT2D eigenvalue weighted by Crippen LogP contribution is 1.98. The summed E-state index contributed by atoms with van der Waals surface area (Å²) in [6.45, 7) is 3.91. The van der Waals surface area contributed by atoms with Crippen molar-refractivity contribution in [2.75, 3.05) is 0 Å². The molecule has 0 amide bonds. The fraction of sp³-hybridized carbons (Fsp3) is 0.857. The maximum absolute atomic E-state index is 7.12. The molecular weight excluding hydrogens is 112 g/mol. The Labute approximate surface area is 57.0 Å². The van der Waals surface area contributed by atoms with Crippen LogP contribution in [0.5, 0.6) is 0 Å². The lowest BCUT2D eigenvalue weighted by Crippen LogP contribution is -2.21. The molecule has 2 heteroatoms. The van der Waals surface area contributed by atoms with E-state index in [2.05, 4.69) is 6.92 Å². The lowest BCUT2D eigenvalue weighted by molar-refractivity contribution is 0.621. The van der Waals surface area contributed by atoms with E-state index in [-0.39, 0.29) is 6.04 Å². The van der Waals surface area contributed by atoms with Gasteiger partial charge in [0.25, 0.3) is 0 Å². The summed E-state index contributed by atoms with van der Waals surface area (Å²) >= 11 is 0. The zero-order valence-electron chi connectivity index (χ0n) is 6.28. The van der Waals surface area contributed by atoms with Gasteiger partial charge in [-0.15, -0.1) is 0 Å². The minimum atomic E-state index is 0.215. The molecule has 0 rings (SSSR count). The molecule has 0 bridgehead atoms. The van der Waals surface area contributed by atoms with Crippen LogP contribution in [0.4, 0.5) is 0 Å². The van der Waals surface area contributed by atoms with Gasteiger partial charge in [-0.1, -0.05) is 13.3 Å². The summed E-state index contributed by atoms with van der Waals surface area (Å²) in [5.74, 6) is 0. The van der Waals surface area contributed by atoms with Crippen LogP contribution in [0, 0.1) is 5.41 Å². The van der Waals surface area contributed by atoms with Crippen molar-refractivity contribution in [1.29, 1.82) is 5.41 Å². The summed E-state index contributed by atoms with van der Waals surface area (Å²) in [4.78, 5) is 0. The molecule has 0 aliphatic carbocycles. The van der Waals surface area contributed by atoms with Crippen LogP contribution in [-0.4, -0.2) is 11.8 Å². The fourth-order valence-corrected chi connectivity index (χ4v) is 0.866. The summed E-state index contributed by atoms with van der Waals surface area (Å²) in [6.07, 6.45) is 2.92. The number of nitrogens with two attached hydrogens (primary N) is 1. The van der Waals surface area contributed by atoms with Crippen LogP contribution in [0.25, 0.3) is 0 Å². The lowest BCUT2D eigenvalue weighted by Gasteiger charge is -2.07. The van der Waals surface area contributed by atoms with Gasteiger partial charge in [0, 0.05) is 11.8 Å². The average Bonchev–Trinajstić information content (AvgIpc) is 1.63. The van der Waals surface area contributed by atoms with Crippen LogP contribution in [0.3, 0.4) is 0 Å². The number of nitrogens with one attached hydrogen (secondary N) is 1. The molecule has 0 radical (unpaired) electrons. The normalized spacial score (nSPS) is 13.2. The van der Waals surface area contributed by atoms with Crippen molar-refractivity contribution in [3.05, 3.63) is 0 Å². The first-order valence-electron chi connectivity index (χ1n) is 3.46. The summed E-state index contributed by atoms with van der Waals surface area (Å²) < 4.78 is 0. The Hall–Kier alpha value is -0.370. The largest absolute Gasteiger partial charge is 0.327 e. The SMILES string of the molecule is CCC[C@@H](N)CC(C)=N. The Morgan fingerprint density at radius 3 is 2.56 bits per heavy atom. The summed E-state index contributed by atoms with van der Waals surface area (Å²) in [5, 5.41) is 7.12. The van der Waals surface area contributed by atoms with E-state index in [1.807, 2.05) is 0 Å². The zero-order chi connectivity index (χ0) is 7.28. The maximum atomic E-state index is 7.12. The molecule has 0 aliphatic heterocycles. The smallest absolute Gasteiger partial charge is 0.00906 e. The maximum Gasteiger partial charge on any atom is 0.00906 e. The van der Waals surface area contributed by atoms with Crippen molar-refractivity contribution in [2.24, 2.45) is 5.73 Å². The Morgan fingerprint density at radius 1 is 1.67 bits per heavy atom. The summed E-state index contributed by atoms with van der Waals surface area (Å²) in [7, 11) is 0. The average molecular weight is 128 g/mol. The van der Waals surface area contributed by atoms with E-state index in [4.69, 9.17) is 11.1 Å². The van der Waals surface area contributed by atoms with Crippen molar-refractivity contribution < 1.29 is 0 Å². The minimum absolute atomic E-state index is 0.215. The van der Waals surface area contributed by atoms with Gasteiger partial charge in [-0.05, 0) is 19.8 Å². The Balaban J connectivity index is 3.26. The standard InChI is InChI=1S/C7H16N2/c1-3-4-7(9)5-6(2)8/h7-8H,3-5,9H2,1-2H3/t7-/m1/s1. The third-order valence-electron chi connectivity index (χ3n) is 1.23. The van der Waals surface area contributed by atoms with Gasteiger partial charge >= 0.3 is 0 Å². The highest BCUT2D eigenvalue weighted by Gasteiger charge is 2.00. The highest BCUT2D eigenvalue weighted by molar-refractivity contribution is 5.79. The first-order chi connectivity index (χ1) is 4.16. The van der Waals surface area contributed by atoms with Crippen LogP contribution in [0.1, 0.15) is 33.1 Å². The van der Waals surface area contributed by atoms with E-state index < -0.39 is 0 Å². The predicted molar refractivity (Wildman–Crippen MR) is 40.9 cm³/mol. The quantitative estimate of drug-likeness (QED) is 0.554. The molecule has 3 N–H and O–H groups in total. The number of hydrogen-bond acceptors (Lipinski definition) is 2. The van der Waals surface area contributed by atoms with Crippen LogP contribution < -0.4 is 5.73 Å². The molecule has 0 aromatic carbocycles. The van der Waals surface area contributed by atoms with Crippen molar-refractivity contribution in [2.45, 2.75) is 39.2 Å². The van der Waals surface area contributed by atoms with E-state index in [1.165, 1.54) is 0 Å². The Morgan fingerprint density at radius 2 is 2.22 bits per heavy atom. The molecular formula is C7H16N2. The van der Waals surface area contributed by atoms with Gasteiger partial charge in [-0.25, -0.2) is 0 Å². The van der Waals surface area contributed by atoms with E-state index in [0.717, 1.165) is 19.3 Å². The van der Waals surface area contributed by atoms with Gasteiger partial charge < -0.3 is 11.1 Å². The van der Waals surface area contributed by atoms with Gasteiger partial charge in [0.1, 0.15) is 0 Å². The fourth-order valence-electron chi connectivity index (χ4n) is 0.866. The first-order valence-corrected chi connectivity index (χ1v) is 3.46. The molecule has 54 valence electrons. The van der Waals surface area contributed by atoms with Crippen molar-refractivity contribution in [3.8, 4) is 0 Å². The van der Waals surface area contributed by atoms with E-state index in [1.54, 1.807) is 6.92 Å². The van der Waals surface area contributed by atoms with E-state index in [9.17, 15) is 0 Å². The molecule has 0 fully saturated rings. The van der Waals surface area contributed by atoms with Crippen LogP contribution in [-0.2, 0) is 0 Å². The van der Waals surface area contributed by atoms with E-state index >= 15 is 0 Å². The molecule has 0 saturated carbocycles. The molecule has 0 heterocycles. The van der Waals surface area contributed by atoms with Gasteiger partial charge in [0.2, 0.25) is 0 Å². The molecule has 1 atom stereocenters. The van der Waals surface area contributed by atoms with Gasteiger partial charge in [-0.3, -0.25) is 0 Å². The molecule has 9 heavy (non-hydrogen) atoms. The second-order valence-corrected chi connectivity index (χ2v) is 2.53. The van der Waals surface area contributed by atoms with Crippen molar-refractivity contribution >= 4 is 5.71 Å². The Bertz CT molecular complexity index is 88.9. The first kappa shape index (κ1) is 8.63. The Kier molecular flexibility index (Phi) is 4.32. The predicted octanol–water partition coefficient (Wildman–Crippen LogP) is 1.54. The van der Waals surface area contributed by atoms with Gasteiger partial charge in [0.05, 0.1) is 0 Å². The van der Waals surface area contributed by atoms with Crippen molar-refractivity contribution in [1.82, 2.24) is 0 Å². The highest BCUT2D eigenvalue weighted by atomic mass is 14.6. The molecule has 0 aromatic heterocycles. The van der Waals surface area contributed by atoms with Crippen molar-refractivity contribution in [3.63, 3.8) is 0 Å². The third-order valence-corrected chi connectivity index (χ3v) is 1.23. The molecule has 0 unspecified atom stereocenters. The molecule has 0 aliphatic rings. The van der Waals surface area contributed by atoms with Crippen LogP contribution in [0.2, 0.25) is 0 Å². The minimum Gasteiger partial charge on any atom is -0.327 e.